The Morgan fingerprint density at radius 2 is 1.97 bits per heavy atom. The number of likely N-dealkylation sites (tertiary alicyclic amines) is 1. The number of carbonyl (C=O) groups excluding carboxylic acids is 2. The van der Waals surface area contributed by atoms with Gasteiger partial charge in [-0.3, -0.25) is 19.7 Å². The lowest BCUT2D eigenvalue weighted by atomic mass is 10.1. The van der Waals surface area contributed by atoms with Crippen LogP contribution in [-0.4, -0.2) is 59.5 Å². The summed E-state index contributed by atoms with van der Waals surface area (Å²) in [6, 6.07) is 5.20. The molecule has 1 aliphatic heterocycles. The summed E-state index contributed by atoms with van der Waals surface area (Å²) in [7, 11) is 0. The van der Waals surface area contributed by atoms with Crippen molar-refractivity contribution in [3.8, 4) is 11.4 Å². The van der Waals surface area contributed by atoms with Crippen molar-refractivity contribution in [2.24, 2.45) is 0 Å². The number of nitrogens with zero attached hydrogens (tertiary/aromatic N) is 7. The number of hydrogen-bond donors (Lipinski definition) is 1. The Kier molecular flexibility index (Phi) is 6.40. The van der Waals surface area contributed by atoms with Crippen LogP contribution in [0.25, 0.3) is 22.4 Å². The Hall–Kier alpha value is -4.59. The molecule has 5 heterocycles. The fourth-order valence-electron chi connectivity index (χ4n) is 4.10. The highest BCUT2D eigenvalue weighted by Gasteiger charge is 2.26. The number of fused-ring (bicyclic) bond motifs is 1. The number of piperidine rings is 1. The van der Waals surface area contributed by atoms with Crippen molar-refractivity contribution in [1.29, 1.82) is 0 Å². The zero-order chi connectivity index (χ0) is 26.1. The van der Waals surface area contributed by atoms with Crippen LogP contribution in [0.5, 0.6) is 0 Å². The first-order valence-electron chi connectivity index (χ1n) is 11.2. The third-order valence-electron chi connectivity index (χ3n) is 5.96. The summed E-state index contributed by atoms with van der Waals surface area (Å²) in [5.41, 5.74) is 0.861. The van der Waals surface area contributed by atoms with Crippen molar-refractivity contribution in [3.63, 3.8) is 0 Å². The van der Waals surface area contributed by atoms with E-state index in [-0.39, 0.29) is 33.5 Å². The molecule has 0 spiro atoms. The summed E-state index contributed by atoms with van der Waals surface area (Å²) < 4.78 is 15.2. The SMILES string of the molecule is C=CC(=O)N1CCC(n2ncc3c(NC(=O)c4ccc([N+](=O)[O-])s4)nc(-c4ccc(F)nc4)nc32)CC1. The molecule has 0 unspecified atom stereocenters. The van der Waals surface area contributed by atoms with Crippen LogP contribution in [0, 0.1) is 16.1 Å². The fraction of sp³-hybridized carbons (Fsp3) is 0.217. The number of aromatic nitrogens is 5. The average molecular weight is 523 g/mol. The summed E-state index contributed by atoms with van der Waals surface area (Å²) in [6.45, 7) is 4.58. The number of anilines is 1. The number of pyridine rings is 1. The van der Waals surface area contributed by atoms with Crippen molar-refractivity contribution in [2.45, 2.75) is 18.9 Å². The lowest BCUT2D eigenvalue weighted by Crippen LogP contribution is -2.38. The molecular weight excluding hydrogens is 503 g/mol. The third kappa shape index (κ3) is 4.78. The summed E-state index contributed by atoms with van der Waals surface area (Å²) in [6.07, 6.45) is 5.38. The van der Waals surface area contributed by atoms with Crippen molar-refractivity contribution >= 4 is 45.0 Å². The number of amides is 2. The molecular formula is C23H19FN8O4S. The van der Waals surface area contributed by atoms with Gasteiger partial charge in [0.15, 0.2) is 11.5 Å². The van der Waals surface area contributed by atoms with Crippen LogP contribution in [0.3, 0.4) is 0 Å². The summed E-state index contributed by atoms with van der Waals surface area (Å²) >= 11 is 0.742. The first-order chi connectivity index (χ1) is 17.8. The van der Waals surface area contributed by atoms with E-state index in [1.807, 2.05) is 0 Å². The largest absolute Gasteiger partial charge is 0.339 e. The van der Waals surface area contributed by atoms with Crippen LogP contribution in [0.15, 0.2) is 49.3 Å². The van der Waals surface area contributed by atoms with Gasteiger partial charge in [0, 0.05) is 30.9 Å². The van der Waals surface area contributed by atoms with E-state index >= 15 is 0 Å². The number of halogens is 1. The number of nitro groups is 1. The van der Waals surface area contributed by atoms with E-state index in [1.165, 1.54) is 42.7 Å². The summed E-state index contributed by atoms with van der Waals surface area (Å²) in [5, 5.41) is 18.5. The maximum absolute atomic E-state index is 13.4. The monoisotopic (exact) mass is 522 g/mol. The zero-order valence-electron chi connectivity index (χ0n) is 19.2. The van der Waals surface area contributed by atoms with Crippen LogP contribution in [-0.2, 0) is 4.79 Å². The quantitative estimate of drug-likeness (QED) is 0.175. The normalized spacial score (nSPS) is 14.0. The van der Waals surface area contributed by atoms with E-state index in [4.69, 9.17) is 0 Å². The molecule has 0 aromatic carbocycles. The first kappa shape index (κ1) is 24.1. The van der Waals surface area contributed by atoms with Gasteiger partial charge in [-0.25, -0.2) is 19.6 Å². The Morgan fingerprint density at radius 3 is 2.62 bits per heavy atom. The molecule has 4 aromatic rings. The number of hydrogen-bond acceptors (Lipinski definition) is 9. The molecule has 188 valence electrons. The van der Waals surface area contributed by atoms with Gasteiger partial charge in [-0.2, -0.15) is 9.49 Å². The van der Waals surface area contributed by atoms with Crippen molar-refractivity contribution in [1.82, 2.24) is 29.6 Å². The fourth-order valence-corrected chi connectivity index (χ4v) is 4.82. The highest BCUT2D eigenvalue weighted by molar-refractivity contribution is 7.17. The molecule has 0 bridgehead atoms. The molecule has 4 aromatic heterocycles. The standard InChI is InChI=1S/C23H19FN8O4S/c1-2-18(33)30-9-7-14(8-10-30)31-22-15(12-26-31)21(27-20(28-22)13-3-5-17(24)25-11-13)29-23(34)16-4-6-19(37-16)32(35)36/h2-6,11-12,14H,1,7-10H2,(H,27,28,29,34). The molecule has 14 heteroatoms. The minimum absolute atomic E-state index is 0.0658. The lowest BCUT2D eigenvalue weighted by Gasteiger charge is -2.31. The molecule has 0 saturated carbocycles. The number of nitrogens with one attached hydrogen (secondary N) is 1. The number of thiophene rings is 1. The minimum Gasteiger partial charge on any atom is -0.339 e. The Morgan fingerprint density at radius 1 is 1.19 bits per heavy atom. The minimum atomic E-state index is -0.663. The van der Waals surface area contributed by atoms with Gasteiger partial charge >= 0.3 is 5.00 Å². The molecule has 1 saturated heterocycles. The predicted molar refractivity (Wildman–Crippen MR) is 132 cm³/mol. The van der Waals surface area contributed by atoms with E-state index in [0.717, 1.165) is 11.3 Å². The Bertz CT molecular complexity index is 1530. The highest BCUT2D eigenvalue weighted by Crippen LogP contribution is 2.31. The molecule has 0 atom stereocenters. The van der Waals surface area contributed by atoms with Crippen LogP contribution in [0.2, 0.25) is 0 Å². The molecule has 37 heavy (non-hydrogen) atoms. The van der Waals surface area contributed by atoms with Gasteiger partial charge in [-0.1, -0.05) is 17.9 Å². The Balaban J connectivity index is 1.52. The average Bonchev–Trinajstić information content (AvgIpc) is 3.57. The van der Waals surface area contributed by atoms with Crippen molar-refractivity contribution in [3.05, 3.63) is 70.3 Å². The van der Waals surface area contributed by atoms with E-state index in [2.05, 4.69) is 31.9 Å². The molecule has 1 N–H and O–H groups in total. The molecule has 0 radical (unpaired) electrons. The number of rotatable bonds is 6. The molecule has 12 nitrogen and oxygen atoms in total. The maximum Gasteiger partial charge on any atom is 0.324 e. The van der Waals surface area contributed by atoms with Gasteiger partial charge in [-0.15, -0.1) is 0 Å². The van der Waals surface area contributed by atoms with Crippen molar-refractivity contribution in [2.75, 3.05) is 18.4 Å². The number of carbonyl (C=O) groups is 2. The molecule has 0 aliphatic carbocycles. The van der Waals surface area contributed by atoms with E-state index < -0.39 is 16.8 Å². The van der Waals surface area contributed by atoms with E-state index in [1.54, 1.807) is 9.58 Å². The van der Waals surface area contributed by atoms with Gasteiger partial charge in [0.2, 0.25) is 11.9 Å². The van der Waals surface area contributed by atoms with Gasteiger partial charge in [0.05, 0.1) is 27.4 Å². The molecule has 1 aliphatic rings. The smallest absolute Gasteiger partial charge is 0.324 e. The third-order valence-corrected chi connectivity index (χ3v) is 7.00. The first-order valence-corrected chi connectivity index (χ1v) is 12.0. The highest BCUT2D eigenvalue weighted by atomic mass is 32.1. The Labute approximate surface area is 212 Å². The zero-order valence-corrected chi connectivity index (χ0v) is 20.0. The van der Waals surface area contributed by atoms with Gasteiger partial charge in [0.1, 0.15) is 5.82 Å². The van der Waals surface area contributed by atoms with E-state index in [9.17, 15) is 24.1 Å². The topological polar surface area (TPSA) is 149 Å². The second-order valence-corrected chi connectivity index (χ2v) is 9.26. The molecule has 5 rings (SSSR count). The molecule has 2 amide bonds. The van der Waals surface area contributed by atoms with Crippen LogP contribution >= 0.6 is 11.3 Å². The second kappa shape index (κ2) is 9.81. The summed E-state index contributed by atoms with van der Waals surface area (Å²) in [5.74, 6) is -1.03. The van der Waals surface area contributed by atoms with Crippen molar-refractivity contribution < 1.29 is 18.9 Å². The second-order valence-electron chi connectivity index (χ2n) is 8.20. The lowest BCUT2D eigenvalue weighted by molar-refractivity contribution is -0.380. The maximum atomic E-state index is 13.4. The summed E-state index contributed by atoms with van der Waals surface area (Å²) in [4.78, 5) is 49.9. The van der Waals surface area contributed by atoms with Gasteiger partial charge < -0.3 is 10.2 Å². The van der Waals surface area contributed by atoms with Crippen LogP contribution < -0.4 is 5.32 Å². The molecule has 1 fully saturated rings. The van der Waals surface area contributed by atoms with Gasteiger partial charge in [0.25, 0.3) is 5.91 Å². The van der Waals surface area contributed by atoms with Gasteiger partial charge in [-0.05, 0) is 37.1 Å². The predicted octanol–water partition coefficient (Wildman–Crippen LogP) is 3.60. The van der Waals surface area contributed by atoms with E-state index in [0.29, 0.717) is 42.5 Å². The van der Waals surface area contributed by atoms with Crippen LogP contribution in [0.4, 0.5) is 15.2 Å². The van der Waals surface area contributed by atoms with Crippen LogP contribution in [0.1, 0.15) is 28.6 Å².